The molecule has 0 amide bonds. The zero-order chi connectivity index (χ0) is 37.1. The Balaban J connectivity index is 7.53. The van der Waals surface area contributed by atoms with E-state index in [9.17, 15) is 75.0 Å². The van der Waals surface area contributed by atoms with Crippen LogP contribution in [0.2, 0.25) is 0 Å². The topological polar surface area (TPSA) is 65.0 Å². The number of rotatable bonds is 13. The first-order chi connectivity index (χ1) is 19.1. The Hall–Kier alpha value is -1.98. The maximum absolute atomic E-state index is 15.9. The first-order valence-electron chi connectivity index (χ1n) is 11.5. The van der Waals surface area contributed by atoms with E-state index in [2.05, 4.69) is 4.74 Å². The fourth-order valence-electron chi connectivity index (χ4n) is 3.28. The van der Waals surface area contributed by atoms with Crippen LogP contribution in [-0.4, -0.2) is 71.2 Å². The minimum Gasteiger partial charge on any atom is -0.477 e. The molecule has 0 saturated heterocycles. The lowest BCUT2D eigenvalue weighted by Gasteiger charge is -2.49. The quantitative estimate of drug-likeness (QED) is 0.193. The van der Waals surface area contributed by atoms with E-state index in [0.717, 1.165) is 27.7 Å². The molecule has 0 aliphatic carbocycles. The Morgan fingerprint density at radius 1 is 0.533 bits per heavy atom. The summed E-state index contributed by atoms with van der Waals surface area (Å²) in [4.78, 5) is 10.5. The fourth-order valence-corrected chi connectivity index (χ4v) is 3.28. The van der Waals surface area contributed by atoms with Crippen LogP contribution in [0.25, 0.3) is 0 Å². The molecule has 5 nitrogen and oxygen atoms in total. The van der Waals surface area contributed by atoms with Gasteiger partial charge in [0.2, 0.25) is 5.67 Å². The van der Waals surface area contributed by atoms with Crippen molar-refractivity contribution in [2.45, 2.75) is 114 Å². The van der Waals surface area contributed by atoms with Gasteiger partial charge in [-0.05, 0) is 18.3 Å². The van der Waals surface area contributed by atoms with Gasteiger partial charge in [-0.15, -0.1) is 0 Å². The van der Waals surface area contributed by atoms with E-state index in [1.807, 2.05) is 0 Å². The summed E-state index contributed by atoms with van der Waals surface area (Å²) in [5.41, 5.74) is -9.23. The van der Waals surface area contributed by atoms with Crippen LogP contribution in [0.5, 0.6) is 0 Å². The van der Waals surface area contributed by atoms with E-state index < -0.39 is 89.7 Å². The molecule has 0 rings (SSSR count). The Morgan fingerprint density at radius 3 is 1.09 bits per heavy atom. The molecule has 0 bridgehead atoms. The van der Waals surface area contributed by atoms with Gasteiger partial charge in [0.1, 0.15) is 0 Å². The van der Waals surface area contributed by atoms with Gasteiger partial charge in [-0.3, -0.25) is 14.2 Å². The lowest BCUT2D eigenvalue weighted by Crippen LogP contribution is -2.71. The van der Waals surface area contributed by atoms with Crippen molar-refractivity contribution < 1.29 is 108 Å². The molecule has 4 atom stereocenters. The summed E-state index contributed by atoms with van der Waals surface area (Å²) in [6, 6.07) is 0. The molecule has 0 fully saturated rings. The van der Waals surface area contributed by atoms with E-state index in [4.69, 9.17) is 5.11 Å². The van der Waals surface area contributed by atoms with Crippen molar-refractivity contribution in [1.29, 1.82) is 0 Å². The van der Waals surface area contributed by atoms with Gasteiger partial charge < -0.3 is 5.11 Å². The van der Waals surface area contributed by atoms with E-state index in [-0.39, 0.29) is 0 Å². The largest absolute Gasteiger partial charge is 0.477 e. The normalized spacial score (nSPS) is 20.6. The number of alkyl halides is 19. The Morgan fingerprint density at radius 2 is 0.844 bits per heavy atom. The molecule has 0 saturated carbocycles. The summed E-state index contributed by atoms with van der Waals surface area (Å²) in [5, 5.41) is 8.15. The molecule has 0 radical (unpaired) electrons. The van der Waals surface area contributed by atoms with E-state index in [1.165, 1.54) is 0 Å². The standard InChI is InChI=1S/C21H23F19O5/c1-7-11(5,6)12(22,8-10(2,3)4)19(35,36)44-15(25,18(32,33)34)21(39,40)45-14(24,17(29,30)31)20(37,38)43-13(23,9(41)42)16(26,27)28/h7-8H2,1-6H3,(H,41,42). The lowest BCUT2D eigenvalue weighted by molar-refractivity contribution is -0.573. The first kappa shape index (κ1) is 43.0. The predicted molar refractivity (Wildman–Crippen MR) is 107 cm³/mol. The van der Waals surface area contributed by atoms with Crippen LogP contribution < -0.4 is 0 Å². The molecule has 45 heavy (non-hydrogen) atoms. The average Bonchev–Trinajstić information content (AvgIpc) is 2.73. The summed E-state index contributed by atoms with van der Waals surface area (Å²) in [6.45, 7) is 4.62. The van der Waals surface area contributed by atoms with Crippen molar-refractivity contribution in [3.8, 4) is 0 Å². The molecule has 0 aliphatic heterocycles. The third-order valence-corrected chi connectivity index (χ3v) is 6.12. The molecule has 0 aromatic rings. The van der Waals surface area contributed by atoms with Crippen molar-refractivity contribution in [1.82, 2.24) is 0 Å². The van der Waals surface area contributed by atoms with Gasteiger partial charge in [-0.25, -0.2) is 9.18 Å². The third kappa shape index (κ3) is 7.61. The maximum Gasteiger partial charge on any atom is 0.460 e. The van der Waals surface area contributed by atoms with Gasteiger partial charge in [-0.2, -0.15) is 79.0 Å². The number of hydrogen-bond acceptors (Lipinski definition) is 4. The zero-order valence-electron chi connectivity index (χ0n) is 23.2. The molecule has 0 heterocycles. The average molecular weight is 716 g/mol. The fraction of sp³-hybridized carbons (Fsp3) is 0.952. The number of aliphatic carboxylic acids is 1. The molecule has 0 spiro atoms. The molecular formula is C21H23F19O5. The number of ether oxygens (including phenoxy) is 3. The maximum atomic E-state index is 15.9. The highest BCUT2D eigenvalue weighted by atomic mass is 19.4. The minimum absolute atomic E-state index is 0.499. The molecule has 1 N–H and O–H groups in total. The minimum atomic E-state index is -8.34. The highest BCUT2D eigenvalue weighted by Gasteiger charge is 2.87. The van der Waals surface area contributed by atoms with Crippen LogP contribution in [0.15, 0.2) is 0 Å². The molecule has 4 unspecified atom stereocenters. The highest BCUT2D eigenvalue weighted by Crippen LogP contribution is 2.61. The van der Waals surface area contributed by atoms with Crippen molar-refractivity contribution in [3.63, 3.8) is 0 Å². The summed E-state index contributed by atoms with van der Waals surface area (Å²) >= 11 is 0. The van der Waals surface area contributed by atoms with Crippen LogP contribution in [0, 0.1) is 10.8 Å². The van der Waals surface area contributed by atoms with E-state index in [0.29, 0.717) is 13.8 Å². The second kappa shape index (κ2) is 11.6. The number of carboxylic acids is 1. The highest BCUT2D eigenvalue weighted by molar-refractivity contribution is 5.76. The van der Waals surface area contributed by atoms with Crippen LogP contribution in [0.1, 0.15) is 54.4 Å². The van der Waals surface area contributed by atoms with Crippen LogP contribution >= 0.6 is 0 Å². The zero-order valence-corrected chi connectivity index (χ0v) is 23.2. The van der Waals surface area contributed by atoms with E-state index >= 15 is 13.2 Å². The smallest absolute Gasteiger partial charge is 0.460 e. The van der Waals surface area contributed by atoms with E-state index in [1.54, 1.807) is 9.47 Å². The molecule has 0 aliphatic rings. The Bertz CT molecular complexity index is 1060. The van der Waals surface area contributed by atoms with Crippen LogP contribution in [0.3, 0.4) is 0 Å². The number of halogens is 19. The summed E-state index contributed by atoms with van der Waals surface area (Å²) in [7, 11) is 0. The summed E-state index contributed by atoms with van der Waals surface area (Å²) in [6.07, 6.45) is -49.1. The molecule has 270 valence electrons. The van der Waals surface area contributed by atoms with Crippen LogP contribution in [-0.2, 0) is 19.0 Å². The van der Waals surface area contributed by atoms with Gasteiger partial charge in [0, 0.05) is 5.41 Å². The SMILES string of the molecule is CCC(C)(C)C(F)(CC(C)(C)C)C(F)(F)OC(F)(C(F)(F)F)C(F)(F)OC(F)(C(F)(F)F)C(F)(F)OC(F)(C(=O)O)C(F)(F)F. The van der Waals surface area contributed by atoms with Crippen molar-refractivity contribution in [3.05, 3.63) is 0 Å². The van der Waals surface area contributed by atoms with Gasteiger partial charge in [0.15, 0.2) is 0 Å². The van der Waals surface area contributed by atoms with Crippen molar-refractivity contribution in [2.24, 2.45) is 10.8 Å². The van der Waals surface area contributed by atoms with Gasteiger partial charge in [-0.1, -0.05) is 41.5 Å². The Labute approximate surface area is 239 Å². The monoisotopic (exact) mass is 716 g/mol. The summed E-state index contributed by atoms with van der Waals surface area (Å²) in [5.74, 6) is -27.9. The summed E-state index contributed by atoms with van der Waals surface area (Å²) < 4.78 is 270. The number of hydrogen-bond donors (Lipinski definition) is 1. The molecule has 24 heteroatoms. The molecular weight excluding hydrogens is 693 g/mol. The van der Waals surface area contributed by atoms with Gasteiger partial charge in [0.25, 0.3) is 0 Å². The third-order valence-electron chi connectivity index (χ3n) is 6.12. The number of carboxylic acid groups (broad SMARTS) is 1. The second-order valence-corrected chi connectivity index (χ2v) is 11.2. The van der Waals surface area contributed by atoms with Crippen LogP contribution in [0.4, 0.5) is 83.4 Å². The lowest BCUT2D eigenvalue weighted by atomic mass is 9.66. The van der Waals surface area contributed by atoms with Gasteiger partial charge >= 0.3 is 60.4 Å². The molecule has 0 aromatic carbocycles. The second-order valence-electron chi connectivity index (χ2n) is 11.2. The van der Waals surface area contributed by atoms with Crippen molar-refractivity contribution >= 4 is 5.97 Å². The predicted octanol–water partition coefficient (Wildman–Crippen LogP) is 9.16. The molecule has 0 aromatic heterocycles. The van der Waals surface area contributed by atoms with Crippen molar-refractivity contribution in [2.75, 3.05) is 0 Å². The Kier molecular flexibility index (Phi) is 11.1. The number of carbonyl (C=O) groups is 1. The first-order valence-corrected chi connectivity index (χ1v) is 11.5. The van der Waals surface area contributed by atoms with Gasteiger partial charge in [0.05, 0.1) is 0 Å².